The van der Waals surface area contributed by atoms with E-state index in [1.165, 1.54) is 45.2 Å². The van der Waals surface area contributed by atoms with Gasteiger partial charge in [0, 0.05) is 19.1 Å². The van der Waals surface area contributed by atoms with E-state index in [2.05, 4.69) is 4.90 Å². The van der Waals surface area contributed by atoms with Crippen LogP contribution in [-0.2, 0) is 0 Å². The Morgan fingerprint density at radius 3 is 2.62 bits per heavy atom. The predicted molar refractivity (Wildman–Crippen MR) is 69.8 cm³/mol. The number of likely N-dealkylation sites (tertiary alicyclic amines) is 1. The van der Waals surface area contributed by atoms with Crippen LogP contribution in [0.1, 0.15) is 38.5 Å². The molecule has 4 unspecified atom stereocenters. The van der Waals surface area contributed by atoms with E-state index in [0.29, 0.717) is 6.04 Å². The molecule has 0 amide bonds. The van der Waals surface area contributed by atoms with Gasteiger partial charge in [-0.1, -0.05) is 6.42 Å². The summed E-state index contributed by atoms with van der Waals surface area (Å²) in [4.78, 5) is 2.69. The van der Waals surface area contributed by atoms with Crippen LogP contribution in [0, 0.1) is 17.8 Å². The molecule has 3 rings (SSSR count). The summed E-state index contributed by atoms with van der Waals surface area (Å²) < 4.78 is 0. The number of rotatable bonds is 3. The third-order valence-corrected chi connectivity index (χ3v) is 5.12. The third-order valence-electron chi connectivity index (χ3n) is 5.12. The van der Waals surface area contributed by atoms with Crippen molar-refractivity contribution in [3.63, 3.8) is 0 Å². The molecule has 3 aliphatic rings. The molecule has 2 bridgehead atoms. The fourth-order valence-corrected chi connectivity index (χ4v) is 4.30. The molecule has 2 nitrogen and oxygen atoms in total. The highest BCUT2D eigenvalue weighted by atomic mass is 35.5. The summed E-state index contributed by atoms with van der Waals surface area (Å²) in [5, 5.41) is 0. The molecule has 0 radical (unpaired) electrons. The van der Waals surface area contributed by atoms with E-state index >= 15 is 0 Å². The average Bonchev–Trinajstić information content (AvgIpc) is 2.92. The van der Waals surface area contributed by atoms with Gasteiger partial charge in [0.25, 0.3) is 0 Å². The van der Waals surface area contributed by atoms with Crippen LogP contribution in [0.3, 0.4) is 0 Å². The van der Waals surface area contributed by atoms with Crippen LogP contribution in [0.15, 0.2) is 0 Å². The largest absolute Gasteiger partial charge is 0.329 e. The highest BCUT2D eigenvalue weighted by Crippen LogP contribution is 2.48. The lowest BCUT2D eigenvalue weighted by Gasteiger charge is -2.30. The van der Waals surface area contributed by atoms with E-state index in [1.54, 1.807) is 6.42 Å². The SMILES string of the molecule is Cl.NCC1CCCN1CC1CC2CCC1C2. The molecule has 0 aromatic heterocycles. The monoisotopic (exact) mass is 244 g/mol. The summed E-state index contributed by atoms with van der Waals surface area (Å²) in [5.74, 6) is 3.20. The van der Waals surface area contributed by atoms with Gasteiger partial charge in [-0.25, -0.2) is 0 Å². The second-order valence-electron chi connectivity index (χ2n) is 5.96. The third kappa shape index (κ3) is 2.25. The number of fused-ring (bicyclic) bond motifs is 2. The molecule has 2 N–H and O–H groups in total. The maximum Gasteiger partial charge on any atom is 0.0219 e. The minimum Gasteiger partial charge on any atom is -0.329 e. The summed E-state index contributed by atoms with van der Waals surface area (Å²) in [7, 11) is 0. The smallest absolute Gasteiger partial charge is 0.0219 e. The molecule has 1 saturated heterocycles. The van der Waals surface area contributed by atoms with Crippen LogP contribution in [0.4, 0.5) is 0 Å². The number of hydrogen-bond acceptors (Lipinski definition) is 2. The Bertz CT molecular complexity index is 230. The van der Waals surface area contributed by atoms with Crippen LogP contribution >= 0.6 is 12.4 Å². The second kappa shape index (κ2) is 5.24. The van der Waals surface area contributed by atoms with Gasteiger partial charge in [-0.15, -0.1) is 12.4 Å². The standard InChI is InChI=1S/C13H24N2.ClH/c14-8-13-2-1-5-15(13)9-12-7-10-3-4-11(12)6-10;/h10-13H,1-9,14H2;1H. The molecule has 3 fully saturated rings. The number of halogens is 1. The van der Waals surface area contributed by atoms with E-state index in [-0.39, 0.29) is 12.4 Å². The zero-order chi connectivity index (χ0) is 10.3. The molecule has 2 saturated carbocycles. The van der Waals surface area contributed by atoms with Crippen molar-refractivity contribution in [2.24, 2.45) is 23.5 Å². The van der Waals surface area contributed by atoms with Crippen molar-refractivity contribution in [3.05, 3.63) is 0 Å². The van der Waals surface area contributed by atoms with Gasteiger partial charge in [0.1, 0.15) is 0 Å². The molecule has 1 heterocycles. The van der Waals surface area contributed by atoms with E-state index in [0.717, 1.165) is 24.3 Å². The van der Waals surface area contributed by atoms with Crippen LogP contribution in [0.25, 0.3) is 0 Å². The Balaban J connectivity index is 0.000000963. The zero-order valence-corrected chi connectivity index (χ0v) is 10.9. The Hall–Kier alpha value is 0.210. The van der Waals surface area contributed by atoms with Crippen molar-refractivity contribution in [3.8, 4) is 0 Å². The van der Waals surface area contributed by atoms with Gasteiger partial charge in [0.15, 0.2) is 0 Å². The van der Waals surface area contributed by atoms with Gasteiger partial charge in [-0.2, -0.15) is 0 Å². The van der Waals surface area contributed by atoms with Crippen LogP contribution < -0.4 is 5.73 Å². The van der Waals surface area contributed by atoms with Gasteiger partial charge in [0.2, 0.25) is 0 Å². The molecule has 0 aromatic rings. The summed E-state index contributed by atoms with van der Waals surface area (Å²) in [6.45, 7) is 3.56. The first kappa shape index (κ1) is 12.7. The summed E-state index contributed by atoms with van der Waals surface area (Å²) in [5.41, 5.74) is 5.83. The molecule has 94 valence electrons. The van der Waals surface area contributed by atoms with E-state index in [4.69, 9.17) is 5.73 Å². The van der Waals surface area contributed by atoms with Crippen molar-refractivity contribution in [2.75, 3.05) is 19.6 Å². The molecular weight excluding hydrogens is 220 g/mol. The highest BCUT2D eigenvalue weighted by molar-refractivity contribution is 5.85. The number of hydrogen-bond donors (Lipinski definition) is 1. The Morgan fingerprint density at radius 2 is 2.00 bits per heavy atom. The molecule has 2 aliphatic carbocycles. The van der Waals surface area contributed by atoms with Crippen LogP contribution in [0.2, 0.25) is 0 Å². The Kier molecular flexibility index (Phi) is 4.15. The van der Waals surface area contributed by atoms with Crippen LogP contribution in [-0.4, -0.2) is 30.6 Å². The highest BCUT2D eigenvalue weighted by Gasteiger charge is 2.40. The lowest BCUT2D eigenvalue weighted by Crippen LogP contribution is -2.39. The molecule has 16 heavy (non-hydrogen) atoms. The fraction of sp³-hybridized carbons (Fsp3) is 1.00. The molecule has 1 aliphatic heterocycles. The Morgan fingerprint density at radius 1 is 1.12 bits per heavy atom. The molecule has 4 atom stereocenters. The minimum atomic E-state index is 0. The van der Waals surface area contributed by atoms with Crippen molar-refractivity contribution in [1.82, 2.24) is 4.90 Å². The topological polar surface area (TPSA) is 29.3 Å². The lowest BCUT2D eigenvalue weighted by atomic mass is 9.88. The fourth-order valence-electron chi connectivity index (χ4n) is 4.30. The average molecular weight is 245 g/mol. The number of nitrogens with zero attached hydrogens (tertiary/aromatic N) is 1. The first-order valence-corrected chi connectivity index (χ1v) is 6.81. The van der Waals surface area contributed by atoms with Crippen molar-refractivity contribution >= 4 is 12.4 Å². The molecule has 0 aromatic carbocycles. The van der Waals surface area contributed by atoms with E-state index in [1.807, 2.05) is 0 Å². The Labute approximate surface area is 105 Å². The minimum absolute atomic E-state index is 0. The second-order valence-corrected chi connectivity index (χ2v) is 5.96. The first-order valence-electron chi connectivity index (χ1n) is 6.81. The van der Waals surface area contributed by atoms with Gasteiger partial charge in [0.05, 0.1) is 0 Å². The molecule has 0 spiro atoms. The summed E-state index contributed by atoms with van der Waals surface area (Å²) >= 11 is 0. The van der Waals surface area contributed by atoms with Gasteiger partial charge in [-0.05, 0) is 56.4 Å². The van der Waals surface area contributed by atoms with Gasteiger partial charge >= 0.3 is 0 Å². The lowest BCUT2D eigenvalue weighted by molar-refractivity contribution is 0.180. The van der Waals surface area contributed by atoms with Crippen molar-refractivity contribution in [2.45, 2.75) is 44.6 Å². The molecule has 3 heteroatoms. The number of nitrogens with two attached hydrogens (primary N) is 1. The zero-order valence-electron chi connectivity index (χ0n) is 10.1. The summed E-state index contributed by atoms with van der Waals surface area (Å²) in [6.07, 6.45) is 8.85. The van der Waals surface area contributed by atoms with E-state index < -0.39 is 0 Å². The molecular formula is C13H25ClN2. The van der Waals surface area contributed by atoms with E-state index in [9.17, 15) is 0 Å². The normalized spacial score (nSPS) is 42.6. The quantitative estimate of drug-likeness (QED) is 0.825. The van der Waals surface area contributed by atoms with Crippen LogP contribution in [0.5, 0.6) is 0 Å². The van der Waals surface area contributed by atoms with Gasteiger partial charge in [-0.3, -0.25) is 4.90 Å². The van der Waals surface area contributed by atoms with Gasteiger partial charge < -0.3 is 5.73 Å². The predicted octanol–water partition coefficient (Wildman–Crippen LogP) is 2.27. The maximum atomic E-state index is 5.83. The van der Waals surface area contributed by atoms with Crippen molar-refractivity contribution in [1.29, 1.82) is 0 Å². The first-order chi connectivity index (χ1) is 7.36. The maximum absolute atomic E-state index is 5.83. The summed E-state index contributed by atoms with van der Waals surface area (Å²) in [6, 6.07) is 0.712. The van der Waals surface area contributed by atoms with Crippen molar-refractivity contribution < 1.29 is 0 Å².